The van der Waals surface area contributed by atoms with Crippen molar-refractivity contribution in [1.82, 2.24) is 4.90 Å². The molecule has 1 unspecified atom stereocenters. The number of hydrogen-bond acceptors (Lipinski definition) is 4. The zero-order chi connectivity index (χ0) is 14.0. The third-order valence-electron chi connectivity index (χ3n) is 3.35. The van der Waals surface area contributed by atoms with E-state index in [1.165, 1.54) is 7.11 Å². The Bertz CT molecular complexity index is 486. The number of likely N-dealkylation sites (N-methyl/N-ethyl adjacent to an activating group) is 1. The first-order chi connectivity index (χ1) is 9.08. The Kier molecular flexibility index (Phi) is 3.71. The van der Waals surface area contributed by atoms with Crippen LogP contribution in [-0.2, 0) is 4.74 Å². The fourth-order valence-corrected chi connectivity index (χ4v) is 2.10. The van der Waals surface area contributed by atoms with E-state index in [4.69, 9.17) is 5.73 Å². The molecular formula is C13H17N3O3. The Hall–Kier alpha value is -2.08. The molecule has 0 spiro atoms. The number of anilines is 1. The van der Waals surface area contributed by atoms with Crippen molar-refractivity contribution in [3.05, 3.63) is 29.8 Å². The number of amides is 2. The zero-order valence-corrected chi connectivity index (χ0v) is 11.0. The molecule has 1 aromatic rings. The lowest BCUT2D eigenvalue weighted by atomic mass is 10.2. The summed E-state index contributed by atoms with van der Waals surface area (Å²) in [5.74, 6) is -0.392. The van der Waals surface area contributed by atoms with Gasteiger partial charge in [-0.05, 0) is 24.3 Å². The van der Waals surface area contributed by atoms with E-state index in [1.54, 1.807) is 41.1 Å². The second kappa shape index (κ2) is 5.27. The summed E-state index contributed by atoms with van der Waals surface area (Å²) in [6, 6.07) is 6.69. The highest BCUT2D eigenvalue weighted by atomic mass is 16.5. The molecule has 19 heavy (non-hydrogen) atoms. The maximum atomic E-state index is 12.1. The van der Waals surface area contributed by atoms with E-state index in [0.717, 1.165) is 5.69 Å². The maximum Gasteiger partial charge on any atom is 0.337 e. The minimum absolute atomic E-state index is 0.0211. The first-order valence-corrected chi connectivity index (χ1v) is 6.01. The Morgan fingerprint density at radius 3 is 2.53 bits per heavy atom. The molecule has 1 fully saturated rings. The Balaban J connectivity index is 2.19. The van der Waals surface area contributed by atoms with Crippen LogP contribution in [0.15, 0.2) is 24.3 Å². The number of carbonyl (C=O) groups is 2. The number of hydrogen-bond donors (Lipinski definition) is 1. The molecule has 0 radical (unpaired) electrons. The van der Waals surface area contributed by atoms with Crippen LogP contribution in [0.3, 0.4) is 0 Å². The molecule has 1 aliphatic heterocycles. The Morgan fingerprint density at radius 1 is 1.42 bits per heavy atom. The molecule has 0 saturated carbocycles. The van der Waals surface area contributed by atoms with Gasteiger partial charge in [0.05, 0.1) is 18.7 Å². The lowest BCUT2D eigenvalue weighted by molar-refractivity contribution is 0.0601. The van der Waals surface area contributed by atoms with Crippen LogP contribution in [0.2, 0.25) is 0 Å². The number of nitrogens with zero attached hydrogens (tertiary/aromatic N) is 2. The largest absolute Gasteiger partial charge is 0.465 e. The van der Waals surface area contributed by atoms with Crippen LogP contribution in [0.4, 0.5) is 10.5 Å². The third-order valence-corrected chi connectivity index (χ3v) is 3.35. The summed E-state index contributed by atoms with van der Waals surface area (Å²) in [5.41, 5.74) is 6.84. The van der Waals surface area contributed by atoms with Crippen LogP contribution in [0, 0.1) is 0 Å². The number of methoxy groups -OCH3 is 1. The van der Waals surface area contributed by atoms with Crippen molar-refractivity contribution in [3.8, 4) is 0 Å². The van der Waals surface area contributed by atoms with E-state index in [9.17, 15) is 9.59 Å². The first-order valence-electron chi connectivity index (χ1n) is 6.01. The Labute approximate surface area is 111 Å². The van der Waals surface area contributed by atoms with Gasteiger partial charge in [0.25, 0.3) is 0 Å². The van der Waals surface area contributed by atoms with Gasteiger partial charge >= 0.3 is 12.0 Å². The van der Waals surface area contributed by atoms with Crippen LogP contribution in [0.5, 0.6) is 0 Å². The van der Waals surface area contributed by atoms with Gasteiger partial charge in [-0.15, -0.1) is 0 Å². The molecule has 1 aromatic carbocycles. The molecule has 0 aliphatic carbocycles. The van der Waals surface area contributed by atoms with Gasteiger partial charge in [0, 0.05) is 25.8 Å². The zero-order valence-electron chi connectivity index (χ0n) is 11.0. The number of esters is 1. The highest BCUT2D eigenvalue weighted by molar-refractivity contribution is 5.95. The number of carbonyl (C=O) groups excluding carboxylic acids is 2. The monoisotopic (exact) mass is 263 g/mol. The van der Waals surface area contributed by atoms with Gasteiger partial charge in [0.2, 0.25) is 0 Å². The van der Waals surface area contributed by atoms with Gasteiger partial charge in [-0.1, -0.05) is 0 Å². The van der Waals surface area contributed by atoms with E-state index in [-0.39, 0.29) is 12.1 Å². The van der Waals surface area contributed by atoms with Gasteiger partial charge in [0.15, 0.2) is 0 Å². The summed E-state index contributed by atoms with van der Waals surface area (Å²) < 4.78 is 4.63. The predicted molar refractivity (Wildman–Crippen MR) is 71.1 cm³/mol. The number of nitrogens with two attached hydrogens (primary N) is 1. The molecule has 0 aromatic heterocycles. The second-order valence-electron chi connectivity index (χ2n) is 4.43. The highest BCUT2D eigenvalue weighted by Gasteiger charge is 2.34. The van der Waals surface area contributed by atoms with Crippen molar-refractivity contribution in [2.24, 2.45) is 5.73 Å². The molecular weight excluding hydrogens is 246 g/mol. The fraction of sp³-hybridized carbons (Fsp3) is 0.385. The lowest BCUT2D eigenvalue weighted by Gasteiger charge is -2.16. The lowest BCUT2D eigenvalue weighted by Crippen LogP contribution is -2.35. The summed E-state index contributed by atoms with van der Waals surface area (Å²) >= 11 is 0. The van der Waals surface area contributed by atoms with E-state index >= 15 is 0 Å². The number of rotatable bonds is 3. The summed E-state index contributed by atoms with van der Waals surface area (Å²) in [4.78, 5) is 26.7. The molecule has 1 heterocycles. The molecule has 6 nitrogen and oxygen atoms in total. The van der Waals surface area contributed by atoms with E-state index in [0.29, 0.717) is 18.7 Å². The molecule has 2 rings (SSSR count). The second-order valence-corrected chi connectivity index (χ2v) is 4.43. The predicted octanol–water partition coefficient (Wildman–Crippen LogP) is 0.672. The first kappa shape index (κ1) is 13.4. The number of benzene rings is 1. The number of urea groups is 1. The average Bonchev–Trinajstić information content (AvgIpc) is 2.74. The molecule has 1 saturated heterocycles. The van der Waals surface area contributed by atoms with Crippen molar-refractivity contribution in [2.75, 3.05) is 32.1 Å². The van der Waals surface area contributed by atoms with Crippen molar-refractivity contribution >= 4 is 17.7 Å². The summed E-state index contributed by atoms with van der Waals surface area (Å²) in [6.45, 7) is 0.988. The van der Waals surface area contributed by atoms with Crippen molar-refractivity contribution < 1.29 is 14.3 Å². The van der Waals surface area contributed by atoms with Gasteiger partial charge in [0.1, 0.15) is 0 Å². The minimum atomic E-state index is -0.392. The fourth-order valence-electron chi connectivity index (χ4n) is 2.10. The summed E-state index contributed by atoms with van der Waals surface area (Å²) in [6.07, 6.45) is 0. The molecule has 1 aliphatic rings. The van der Waals surface area contributed by atoms with Crippen LogP contribution < -0.4 is 10.6 Å². The molecule has 1 atom stereocenters. The maximum absolute atomic E-state index is 12.1. The van der Waals surface area contributed by atoms with E-state index in [1.807, 2.05) is 0 Å². The van der Waals surface area contributed by atoms with Crippen LogP contribution in [0.25, 0.3) is 0 Å². The van der Waals surface area contributed by atoms with Crippen molar-refractivity contribution in [3.63, 3.8) is 0 Å². The van der Waals surface area contributed by atoms with Crippen LogP contribution in [0.1, 0.15) is 10.4 Å². The molecule has 6 heteroatoms. The smallest absolute Gasteiger partial charge is 0.337 e. The third kappa shape index (κ3) is 2.39. The summed E-state index contributed by atoms with van der Waals surface area (Å²) in [7, 11) is 3.07. The summed E-state index contributed by atoms with van der Waals surface area (Å²) in [5, 5.41) is 0. The van der Waals surface area contributed by atoms with Gasteiger partial charge < -0.3 is 15.4 Å². The standard InChI is InChI=1S/C13H17N3O3/c1-15-11(7-14)8-16(13(15)18)10-5-3-9(4-6-10)12(17)19-2/h3-6,11H,7-8,14H2,1-2H3. The van der Waals surface area contributed by atoms with Crippen LogP contribution in [-0.4, -0.2) is 50.2 Å². The number of ether oxygens (including phenoxy) is 1. The van der Waals surface area contributed by atoms with Crippen LogP contribution >= 0.6 is 0 Å². The Morgan fingerprint density at radius 2 is 2.05 bits per heavy atom. The molecule has 2 amide bonds. The molecule has 0 bridgehead atoms. The van der Waals surface area contributed by atoms with Gasteiger partial charge in [-0.2, -0.15) is 0 Å². The van der Waals surface area contributed by atoms with E-state index < -0.39 is 5.97 Å². The average molecular weight is 263 g/mol. The highest BCUT2D eigenvalue weighted by Crippen LogP contribution is 2.23. The van der Waals surface area contributed by atoms with Crippen molar-refractivity contribution in [2.45, 2.75) is 6.04 Å². The van der Waals surface area contributed by atoms with Gasteiger partial charge in [-0.3, -0.25) is 4.90 Å². The molecule has 102 valence electrons. The normalized spacial score (nSPS) is 18.9. The SMILES string of the molecule is COC(=O)c1ccc(N2CC(CN)N(C)C2=O)cc1. The topological polar surface area (TPSA) is 75.9 Å². The molecule has 2 N–H and O–H groups in total. The quantitative estimate of drug-likeness (QED) is 0.813. The van der Waals surface area contributed by atoms with Crippen molar-refractivity contribution in [1.29, 1.82) is 0 Å². The van der Waals surface area contributed by atoms with E-state index in [2.05, 4.69) is 4.74 Å². The minimum Gasteiger partial charge on any atom is -0.465 e. The van der Waals surface area contributed by atoms with Gasteiger partial charge in [-0.25, -0.2) is 9.59 Å².